The van der Waals surface area contributed by atoms with E-state index in [0.29, 0.717) is 37.1 Å². The van der Waals surface area contributed by atoms with Gasteiger partial charge in [0.1, 0.15) is 42.1 Å². The fraction of sp³-hybridized carbons (Fsp3) is 0.722. The lowest BCUT2D eigenvalue weighted by molar-refractivity contribution is -0.163. The highest BCUT2D eigenvalue weighted by Crippen LogP contribution is 2.26. The summed E-state index contributed by atoms with van der Waals surface area (Å²) in [5.41, 5.74) is 0.600. The zero-order valence-corrected chi connectivity index (χ0v) is 46.4. The number of nitrogens with zero attached hydrogens (tertiary/aromatic N) is 3. The summed E-state index contributed by atoms with van der Waals surface area (Å²) in [6.07, 6.45) is -2.40. The number of aliphatic hydroxyl groups excluding tert-OH is 1. The Labute approximate surface area is 438 Å². The molecule has 2 aliphatic rings. The summed E-state index contributed by atoms with van der Waals surface area (Å²) in [6.45, 7) is 19.5. The summed E-state index contributed by atoms with van der Waals surface area (Å²) in [5, 5.41) is 22.9. The predicted octanol–water partition coefficient (Wildman–Crippen LogP) is 3.93. The minimum atomic E-state index is -1.68. The topological polar surface area (TPSA) is 259 Å². The van der Waals surface area contributed by atoms with Gasteiger partial charge >= 0.3 is 18.0 Å². The number of carbonyl (C=O) groups excluding carboxylic acids is 9. The van der Waals surface area contributed by atoms with Crippen LogP contribution < -0.4 is 26.0 Å². The molecule has 0 saturated carbocycles. The minimum absolute atomic E-state index is 0.0935. The summed E-state index contributed by atoms with van der Waals surface area (Å²) in [6, 6.07) is -1.24. The van der Waals surface area contributed by atoms with Crippen molar-refractivity contribution in [1.29, 1.82) is 0 Å². The Morgan fingerprint density at radius 3 is 2.12 bits per heavy atom. The molecule has 7 amide bonds. The molecule has 2 heterocycles. The summed E-state index contributed by atoms with van der Waals surface area (Å²) in [5.74, 6) is -8.49. The number of rotatable bonds is 16. The molecule has 11 atom stereocenters. The molecule has 1 aromatic rings. The van der Waals surface area contributed by atoms with Gasteiger partial charge in [0.05, 0.1) is 31.6 Å². The van der Waals surface area contributed by atoms with Crippen LogP contribution in [0, 0.1) is 29.6 Å². The van der Waals surface area contributed by atoms with E-state index in [-0.39, 0.29) is 44.1 Å². The molecule has 74 heavy (non-hydrogen) atoms. The molecule has 0 spiro atoms. The second-order valence-electron chi connectivity index (χ2n) is 21.3. The van der Waals surface area contributed by atoms with Crippen molar-refractivity contribution in [2.24, 2.45) is 29.6 Å². The molecule has 0 unspecified atom stereocenters. The van der Waals surface area contributed by atoms with Gasteiger partial charge in [-0.2, -0.15) is 0 Å². The monoisotopic (exact) mass is 1040 g/mol. The van der Waals surface area contributed by atoms with Gasteiger partial charge in [-0.3, -0.25) is 33.6 Å². The van der Waals surface area contributed by atoms with Crippen molar-refractivity contribution in [2.75, 3.05) is 34.3 Å². The van der Waals surface area contributed by atoms with Crippen molar-refractivity contribution in [2.45, 2.75) is 189 Å². The molecular formula is C54H87N7O13. The molecule has 0 radical (unpaired) electrons. The summed E-state index contributed by atoms with van der Waals surface area (Å²) in [4.78, 5) is 133. The van der Waals surface area contributed by atoms with Gasteiger partial charge in [-0.1, -0.05) is 87.3 Å². The lowest BCUT2D eigenvalue weighted by atomic mass is 9.91. The van der Waals surface area contributed by atoms with Crippen LogP contribution in [0.2, 0.25) is 0 Å². The first-order valence-corrected chi connectivity index (χ1v) is 26.5. The number of urea groups is 1. The van der Waals surface area contributed by atoms with Crippen LogP contribution in [0.15, 0.2) is 24.3 Å². The highest BCUT2D eigenvalue weighted by molar-refractivity contribution is 6.05. The highest BCUT2D eigenvalue weighted by Gasteiger charge is 2.45. The maximum Gasteiger partial charge on any atom is 0.329 e. The first kappa shape index (κ1) is 62.5. The quantitative estimate of drug-likeness (QED) is 0.0895. The van der Waals surface area contributed by atoms with E-state index in [4.69, 9.17) is 14.2 Å². The summed E-state index contributed by atoms with van der Waals surface area (Å²) >= 11 is 0. The maximum atomic E-state index is 14.8. The van der Waals surface area contributed by atoms with Crippen molar-refractivity contribution in [1.82, 2.24) is 36.0 Å². The van der Waals surface area contributed by atoms with Gasteiger partial charge in [0, 0.05) is 33.6 Å². The largest absolute Gasteiger partial charge is 0.497 e. The number of Topliss-reactive ketones (excluding diaryl/α,β-unsaturated/α-hetero) is 1. The Morgan fingerprint density at radius 2 is 1.55 bits per heavy atom. The second kappa shape index (κ2) is 29.3. The van der Waals surface area contributed by atoms with Gasteiger partial charge in [-0.25, -0.2) is 9.59 Å². The molecule has 2 saturated heterocycles. The predicted molar refractivity (Wildman–Crippen MR) is 277 cm³/mol. The third kappa shape index (κ3) is 17.4. The van der Waals surface area contributed by atoms with E-state index in [2.05, 4.69) is 21.3 Å². The average Bonchev–Trinajstić information content (AvgIpc) is 3.85. The minimum Gasteiger partial charge on any atom is -0.497 e. The number of ketones is 1. The molecule has 2 aliphatic heterocycles. The molecule has 0 aliphatic carbocycles. The third-order valence-electron chi connectivity index (χ3n) is 14.1. The van der Waals surface area contributed by atoms with Crippen LogP contribution in [0.3, 0.4) is 0 Å². The number of ether oxygens (including phenoxy) is 3. The SMILES string of the molecule is CCCCNC(=O)N(C)[C@H](CC(C)C)C(=O)N[C@H]1C(=O)N[C@H]([C@@H](C)CC)[C@@H](O)CC(=O)O[C@@H](C(C)C)C(=O)[C@H](C)C(=O)N[C@@H](CC(C)C)C(=O)N2CCC[C@H]2C(=O)N(C)[C@@H](Cc2ccc(OC)cc2)C(=O)O[C@@H]1C. The fourth-order valence-corrected chi connectivity index (χ4v) is 9.24. The molecular weight excluding hydrogens is 955 g/mol. The van der Waals surface area contributed by atoms with Crippen LogP contribution in [0.25, 0.3) is 0 Å². The molecule has 20 nitrogen and oxygen atoms in total. The number of hydrogen-bond donors (Lipinski definition) is 5. The number of nitrogens with one attached hydrogen (secondary N) is 4. The smallest absolute Gasteiger partial charge is 0.329 e. The van der Waals surface area contributed by atoms with Gasteiger partial charge in [-0.15, -0.1) is 0 Å². The normalized spacial score (nSPS) is 26.2. The lowest BCUT2D eigenvalue weighted by Crippen LogP contribution is -2.62. The number of methoxy groups -OCH3 is 1. The molecule has 3 rings (SSSR count). The Kier molecular flexibility index (Phi) is 24.8. The van der Waals surface area contributed by atoms with Crippen LogP contribution in [0.1, 0.15) is 133 Å². The standard InChI is InChI=1S/C54H87N7O13/c1-15-17-24-55-54(71)60(13)40(27-31(5)6)49(66)58-45-35(11)73-53(70)41(28-36-20-22-37(72-14)23-21-36)59(12)52(69)39-19-18-25-61(39)51(68)38(26-30(3)4)56-48(65)34(10)46(64)47(32(7)8)74-43(63)29-42(62)44(33(9)16-2)57-50(45)67/h20-23,30-35,38-42,44-45,47,62H,15-19,24-29H2,1-14H3,(H,55,71)(H,56,65)(H,57,67)(H,58,66)/t33-,34-,35+,38-,39-,40+,41-,42-,44+,45+,47-/m0/s1. The van der Waals surface area contributed by atoms with Crippen molar-refractivity contribution < 1.29 is 62.5 Å². The molecule has 2 fully saturated rings. The number of hydrogen-bond acceptors (Lipinski definition) is 13. The van der Waals surface area contributed by atoms with E-state index in [9.17, 15) is 48.3 Å². The van der Waals surface area contributed by atoms with E-state index in [1.54, 1.807) is 52.0 Å². The van der Waals surface area contributed by atoms with E-state index in [1.165, 1.54) is 49.8 Å². The van der Waals surface area contributed by atoms with Crippen LogP contribution in [0.4, 0.5) is 4.79 Å². The van der Waals surface area contributed by atoms with E-state index >= 15 is 0 Å². The van der Waals surface area contributed by atoms with E-state index in [1.807, 2.05) is 34.6 Å². The molecule has 416 valence electrons. The molecule has 5 N–H and O–H groups in total. The summed E-state index contributed by atoms with van der Waals surface area (Å²) in [7, 11) is 4.39. The number of amides is 7. The van der Waals surface area contributed by atoms with Gasteiger partial charge in [0.15, 0.2) is 11.9 Å². The highest BCUT2D eigenvalue weighted by atomic mass is 16.6. The van der Waals surface area contributed by atoms with E-state index < -0.39 is 132 Å². The molecule has 0 bridgehead atoms. The Bertz CT molecular complexity index is 2080. The van der Waals surface area contributed by atoms with Crippen LogP contribution in [-0.4, -0.2) is 162 Å². The second-order valence-corrected chi connectivity index (χ2v) is 21.3. The lowest BCUT2D eigenvalue weighted by Gasteiger charge is -2.36. The number of carbonyl (C=O) groups is 9. The van der Waals surface area contributed by atoms with Gasteiger partial charge < -0.3 is 55.3 Å². The number of fused-ring (bicyclic) bond motifs is 1. The zero-order valence-electron chi connectivity index (χ0n) is 46.4. The number of aliphatic hydroxyl groups is 1. The first-order chi connectivity index (χ1) is 34.8. The zero-order chi connectivity index (χ0) is 55.7. The van der Waals surface area contributed by atoms with Crippen molar-refractivity contribution >= 4 is 53.3 Å². The number of unbranched alkanes of at least 4 members (excludes halogenated alkanes) is 1. The Hall–Kier alpha value is -5.79. The van der Waals surface area contributed by atoms with Crippen molar-refractivity contribution in [3.8, 4) is 5.75 Å². The maximum absolute atomic E-state index is 14.8. The Morgan fingerprint density at radius 1 is 0.905 bits per heavy atom. The van der Waals surface area contributed by atoms with Gasteiger partial charge in [0.2, 0.25) is 29.5 Å². The number of esters is 2. The first-order valence-electron chi connectivity index (χ1n) is 26.5. The molecule has 0 aromatic heterocycles. The van der Waals surface area contributed by atoms with Crippen molar-refractivity contribution in [3.63, 3.8) is 0 Å². The van der Waals surface area contributed by atoms with Crippen molar-refractivity contribution in [3.05, 3.63) is 29.8 Å². The summed E-state index contributed by atoms with van der Waals surface area (Å²) < 4.78 is 17.2. The van der Waals surface area contributed by atoms with Crippen LogP contribution >= 0.6 is 0 Å². The Balaban J connectivity index is 2.27. The van der Waals surface area contributed by atoms with Gasteiger partial charge in [-0.05, 0) is 87.3 Å². The van der Waals surface area contributed by atoms with Gasteiger partial charge in [0.25, 0.3) is 0 Å². The third-order valence-corrected chi connectivity index (χ3v) is 14.1. The fourth-order valence-electron chi connectivity index (χ4n) is 9.24. The van der Waals surface area contributed by atoms with E-state index in [0.717, 1.165) is 6.42 Å². The molecule has 20 heteroatoms. The number of likely N-dealkylation sites (N-methyl/N-ethyl adjacent to an activating group) is 2. The average molecular weight is 1040 g/mol. The molecule has 1 aromatic carbocycles. The number of benzene rings is 1. The number of cyclic esters (lactones) is 2. The van der Waals surface area contributed by atoms with Crippen LogP contribution in [-0.2, 0) is 54.3 Å². The van der Waals surface area contributed by atoms with Crippen LogP contribution in [0.5, 0.6) is 5.75 Å².